The molecule has 10 heteroatoms. The second-order valence-electron chi connectivity index (χ2n) is 10.5. The summed E-state index contributed by atoms with van der Waals surface area (Å²) in [7, 11) is 1.60. The molecular weight excluding hydrogens is 572 g/mol. The van der Waals surface area contributed by atoms with Gasteiger partial charge in [0.25, 0.3) is 0 Å². The molecule has 0 aliphatic heterocycles. The summed E-state index contributed by atoms with van der Waals surface area (Å²) in [6.45, 7) is 8.53. The number of halogens is 5. The molecule has 0 aliphatic carbocycles. The highest BCUT2D eigenvalue weighted by atomic mass is 35.5. The zero-order chi connectivity index (χ0) is 29.2. The Morgan fingerprint density at radius 1 is 0.923 bits per heavy atom. The first-order valence-corrected chi connectivity index (χ1v) is 13.8. The lowest BCUT2D eigenvalue weighted by molar-refractivity contribution is -0.170. The molecule has 0 fully saturated rings. The van der Waals surface area contributed by atoms with E-state index < -0.39 is 28.9 Å². The molecule has 212 valence electrons. The van der Waals surface area contributed by atoms with Crippen molar-refractivity contribution in [3.05, 3.63) is 74.6 Å². The van der Waals surface area contributed by atoms with E-state index in [0.717, 1.165) is 27.5 Å². The minimum absolute atomic E-state index is 0.195. The fourth-order valence-corrected chi connectivity index (χ4v) is 5.33. The molecule has 0 radical (unpaired) electrons. The summed E-state index contributed by atoms with van der Waals surface area (Å²) in [6, 6.07) is 12.3. The van der Waals surface area contributed by atoms with Crippen molar-refractivity contribution in [2.75, 3.05) is 7.11 Å². The van der Waals surface area contributed by atoms with E-state index in [-0.39, 0.29) is 16.9 Å². The lowest BCUT2D eigenvalue weighted by Crippen LogP contribution is -2.43. The van der Waals surface area contributed by atoms with Gasteiger partial charge in [0.15, 0.2) is 5.60 Å². The van der Waals surface area contributed by atoms with Crippen LogP contribution in [0, 0.1) is 0 Å². The van der Waals surface area contributed by atoms with E-state index >= 15 is 0 Å². The van der Waals surface area contributed by atoms with Crippen LogP contribution in [0.3, 0.4) is 0 Å². The van der Waals surface area contributed by atoms with Crippen molar-refractivity contribution in [1.82, 2.24) is 0 Å². The highest BCUT2D eigenvalue weighted by Gasteiger charge is 2.35. The van der Waals surface area contributed by atoms with Crippen LogP contribution in [-0.2, 0) is 26.9 Å². The summed E-state index contributed by atoms with van der Waals surface area (Å²) in [6.07, 6.45) is -3.50. The van der Waals surface area contributed by atoms with E-state index in [2.05, 4.69) is 0 Å². The van der Waals surface area contributed by atoms with Crippen LogP contribution in [0.4, 0.5) is 13.2 Å². The van der Waals surface area contributed by atoms with Gasteiger partial charge in [0.1, 0.15) is 16.4 Å². The number of esters is 1. The molecule has 1 heterocycles. The molecule has 0 saturated carbocycles. The van der Waals surface area contributed by atoms with Crippen molar-refractivity contribution < 1.29 is 32.2 Å². The number of rotatable bonds is 9. The minimum atomic E-state index is -4.37. The number of methoxy groups -OCH3 is 1. The van der Waals surface area contributed by atoms with Crippen LogP contribution < -0.4 is 4.74 Å². The maximum Gasteiger partial charge on any atom is 0.416 e. The van der Waals surface area contributed by atoms with E-state index in [1.165, 1.54) is 23.5 Å². The molecule has 4 nitrogen and oxygen atoms in total. The summed E-state index contributed by atoms with van der Waals surface area (Å²) in [4.78, 5) is 14.3. The third-order valence-electron chi connectivity index (χ3n) is 5.78. The number of ether oxygens (including phenoxy) is 3. The molecule has 0 N–H and O–H groups in total. The number of aryl methyl sites for hydroxylation is 1. The molecule has 0 spiro atoms. The Hall–Kier alpha value is -2.26. The van der Waals surface area contributed by atoms with Crippen LogP contribution in [-0.4, -0.2) is 24.3 Å². The lowest BCUT2D eigenvalue weighted by Gasteiger charge is -2.29. The number of hydrogen-bond donors (Lipinski definition) is 0. The second-order valence-corrected chi connectivity index (χ2v) is 12.4. The van der Waals surface area contributed by atoms with Crippen molar-refractivity contribution >= 4 is 40.5 Å². The van der Waals surface area contributed by atoms with Gasteiger partial charge in [-0.05, 0) is 88.9 Å². The number of thiophene rings is 1. The third kappa shape index (κ3) is 8.13. The predicted molar refractivity (Wildman–Crippen MR) is 150 cm³/mol. The molecule has 3 aromatic rings. The molecule has 0 bridgehead atoms. The fraction of sp³-hybridized carbons (Fsp3) is 0.414. The summed E-state index contributed by atoms with van der Waals surface area (Å²) in [5, 5.41) is 0.515. The van der Waals surface area contributed by atoms with Crippen LogP contribution in [0.2, 0.25) is 10.0 Å². The number of benzene rings is 2. The summed E-state index contributed by atoms with van der Waals surface area (Å²) in [5.41, 5.74) is -1.15. The van der Waals surface area contributed by atoms with Crippen LogP contribution in [0.15, 0.2) is 48.5 Å². The standard InChI is InChI=1S/C29H31Cl2F3O4S/c1-27(2,3)38-26(35)28(4,5)37-21-14-10-18(24(30)25(21)31)9-13-20(36-6)23-16-15-22(39-23)17-7-11-19(12-8-17)29(32,33)34/h7-8,10-12,14-16,20H,9,13H2,1-6H3. The topological polar surface area (TPSA) is 44.8 Å². The van der Waals surface area contributed by atoms with Crippen LogP contribution >= 0.6 is 34.5 Å². The van der Waals surface area contributed by atoms with Crippen molar-refractivity contribution in [2.24, 2.45) is 0 Å². The van der Waals surface area contributed by atoms with E-state index in [4.69, 9.17) is 37.4 Å². The number of alkyl halides is 3. The summed E-state index contributed by atoms with van der Waals surface area (Å²) >= 11 is 14.5. The normalized spacial score (nSPS) is 13.3. The van der Waals surface area contributed by atoms with Gasteiger partial charge in [0.05, 0.1) is 16.7 Å². The van der Waals surface area contributed by atoms with Gasteiger partial charge in [-0.3, -0.25) is 0 Å². The van der Waals surface area contributed by atoms with Gasteiger partial charge in [-0.25, -0.2) is 4.79 Å². The monoisotopic (exact) mass is 602 g/mol. The Morgan fingerprint density at radius 2 is 1.56 bits per heavy atom. The predicted octanol–water partition coefficient (Wildman–Crippen LogP) is 9.56. The fourth-order valence-electron chi connectivity index (χ4n) is 3.73. The van der Waals surface area contributed by atoms with Crippen molar-refractivity contribution in [1.29, 1.82) is 0 Å². The van der Waals surface area contributed by atoms with Crippen LogP contribution in [0.1, 0.15) is 63.1 Å². The SMILES string of the molecule is COC(CCc1ccc(OC(C)(C)C(=O)OC(C)(C)C)c(Cl)c1Cl)c1ccc(-c2ccc(C(F)(F)F)cc2)s1. The quantitative estimate of drug-likeness (QED) is 0.229. The van der Waals surface area contributed by atoms with E-state index in [1.807, 2.05) is 12.1 Å². The molecule has 0 amide bonds. The van der Waals surface area contributed by atoms with Gasteiger partial charge >= 0.3 is 12.1 Å². The van der Waals surface area contributed by atoms with Crippen molar-refractivity contribution in [3.63, 3.8) is 0 Å². The van der Waals surface area contributed by atoms with E-state index in [0.29, 0.717) is 23.4 Å². The number of carbonyl (C=O) groups excluding carboxylic acids is 1. The summed E-state index contributed by atoms with van der Waals surface area (Å²) < 4.78 is 55.7. The molecule has 1 atom stereocenters. The molecule has 0 saturated heterocycles. The summed E-state index contributed by atoms with van der Waals surface area (Å²) in [5.74, 6) is -0.259. The molecular formula is C29H31Cl2F3O4S. The third-order valence-corrected chi connectivity index (χ3v) is 7.91. The maximum atomic E-state index is 12.9. The molecule has 0 aliphatic rings. The van der Waals surface area contributed by atoms with Gasteiger partial charge in [-0.1, -0.05) is 41.4 Å². The second kappa shape index (κ2) is 12.1. The van der Waals surface area contributed by atoms with Crippen LogP contribution in [0.5, 0.6) is 5.75 Å². The zero-order valence-electron chi connectivity index (χ0n) is 22.5. The Balaban J connectivity index is 1.70. The smallest absolute Gasteiger partial charge is 0.416 e. The molecule has 39 heavy (non-hydrogen) atoms. The zero-order valence-corrected chi connectivity index (χ0v) is 24.9. The lowest BCUT2D eigenvalue weighted by atomic mass is 10.0. The van der Waals surface area contributed by atoms with Gasteiger partial charge in [0, 0.05) is 16.9 Å². The highest BCUT2D eigenvalue weighted by molar-refractivity contribution is 7.15. The minimum Gasteiger partial charge on any atom is -0.475 e. The Kier molecular flexibility index (Phi) is 9.69. The Bertz CT molecular complexity index is 1300. The van der Waals surface area contributed by atoms with Gasteiger partial charge in [0.2, 0.25) is 0 Å². The molecule has 1 aromatic heterocycles. The van der Waals surface area contributed by atoms with Crippen molar-refractivity contribution in [2.45, 2.75) is 70.9 Å². The largest absolute Gasteiger partial charge is 0.475 e. The highest BCUT2D eigenvalue weighted by Crippen LogP contribution is 2.40. The van der Waals surface area contributed by atoms with E-state index in [9.17, 15) is 18.0 Å². The maximum absolute atomic E-state index is 12.9. The van der Waals surface area contributed by atoms with Crippen molar-refractivity contribution in [3.8, 4) is 16.2 Å². The van der Waals surface area contributed by atoms with Gasteiger partial charge in [-0.2, -0.15) is 13.2 Å². The molecule has 1 unspecified atom stereocenters. The van der Waals surface area contributed by atoms with Gasteiger partial charge in [-0.15, -0.1) is 11.3 Å². The van der Waals surface area contributed by atoms with Gasteiger partial charge < -0.3 is 14.2 Å². The molecule has 2 aromatic carbocycles. The Labute approximate surface area is 241 Å². The van der Waals surface area contributed by atoms with E-state index in [1.54, 1.807) is 53.9 Å². The Morgan fingerprint density at radius 3 is 2.13 bits per heavy atom. The van der Waals surface area contributed by atoms with Crippen LogP contribution in [0.25, 0.3) is 10.4 Å². The first-order chi connectivity index (χ1) is 18.0. The molecule has 3 rings (SSSR count). The number of carbonyl (C=O) groups is 1. The first kappa shape index (κ1) is 31.3. The first-order valence-electron chi connectivity index (χ1n) is 12.2. The average Bonchev–Trinajstić information content (AvgIpc) is 3.32. The average molecular weight is 604 g/mol. The number of hydrogen-bond acceptors (Lipinski definition) is 5.